The van der Waals surface area contributed by atoms with E-state index in [2.05, 4.69) is 44.8 Å². The summed E-state index contributed by atoms with van der Waals surface area (Å²) in [7, 11) is 0. The lowest BCUT2D eigenvalue weighted by Crippen LogP contribution is -2.53. The molecule has 0 radical (unpaired) electrons. The van der Waals surface area contributed by atoms with Crippen LogP contribution >= 0.6 is 11.3 Å². The third-order valence-corrected chi connectivity index (χ3v) is 5.58. The van der Waals surface area contributed by atoms with E-state index in [9.17, 15) is 0 Å². The van der Waals surface area contributed by atoms with Gasteiger partial charge in [0.2, 0.25) is 0 Å². The van der Waals surface area contributed by atoms with Crippen molar-refractivity contribution in [2.24, 2.45) is 0 Å². The van der Waals surface area contributed by atoms with Crippen molar-refractivity contribution in [1.29, 1.82) is 0 Å². The Kier molecular flexibility index (Phi) is 5.21. The molecule has 3 nitrogen and oxygen atoms in total. The molecule has 1 fully saturated rings. The first-order valence-corrected chi connectivity index (χ1v) is 8.79. The highest BCUT2D eigenvalue weighted by atomic mass is 32.1. The van der Waals surface area contributed by atoms with Crippen molar-refractivity contribution in [3.05, 3.63) is 15.6 Å². The van der Waals surface area contributed by atoms with E-state index in [1.165, 1.54) is 41.5 Å². The monoisotopic (exact) mass is 295 g/mol. The van der Waals surface area contributed by atoms with E-state index in [-0.39, 0.29) is 5.54 Å². The Morgan fingerprint density at radius 3 is 2.40 bits per heavy atom. The van der Waals surface area contributed by atoms with Crippen molar-refractivity contribution in [3.8, 4) is 0 Å². The summed E-state index contributed by atoms with van der Waals surface area (Å²) >= 11 is 1.90. The number of nitrogens with zero attached hydrogens (tertiary/aromatic N) is 2. The van der Waals surface area contributed by atoms with Crippen LogP contribution < -0.4 is 5.32 Å². The van der Waals surface area contributed by atoms with Gasteiger partial charge in [-0.2, -0.15) is 0 Å². The van der Waals surface area contributed by atoms with Crippen LogP contribution in [0.5, 0.6) is 0 Å². The van der Waals surface area contributed by atoms with Crippen molar-refractivity contribution in [3.63, 3.8) is 0 Å². The fourth-order valence-corrected chi connectivity index (χ4v) is 4.40. The van der Waals surface area contributed by atoms with Crippen LogP contribution in [-0.4, -0.2) is 35.6 Å². The molecular formula is C16H29N3S. The van der Waals surface area contributed by atoms with Gasteiger partial charge >= 0.3 is 0 Å². The van der Waals surface area contributed by atoms with Gasteiger partial charge in [0.15, 0.2) is 0 Å². The minimum atomic E-state index is 0.0999. The Balaban J connectivity index is 2.27. The summed E-state index contributed by atoms with van der Waals surface area (Å²) in [5, 5.41) is 5.16. The van der Waals surface area contributed by atoms with Crippen LogP contribution in [0.1, 0.15) is 56.1 Å². The molecule has 4 heteroatoms. The molecule has 0 spiro atoms. The molecule has 1 aliphatic rings. The molecule has 0 bridgehead atoms. The minimum Gasteiger partial charge on any atom is -0.303 e. The number of aromatic nitrogens is 1. The van der Waals surface area contributed by atoms with Gasteiger partial charge in [-0.1, -0.05) is 13.8 Å². The first-order valence-electron chi connectivity index (χ1n) is 7.97. The van der Waals surface area contributed by atoms with Crippen molar-refractivity contribution < 1.29 is 0 Å². The predicted molar refractivity (Wildman–Crippen MR) is 87.5 cm³/mol. The molecule has 2 heterocycles. The molecular weight excluding hydrogens is 266 g/mol. The van der Waals surface area contributed by atoms with Crippen LogP contribution in [0.15, 0.2) is 0 Å². The Morgan fingerprint density at radius 1 is 1.30 bits per heavy atom. The summed E-state index contributed by atoms with van der Waals surface area (Å²) in [6.45, 7) is 14.7. The number of hydrogen-bond donors (Lipinski definition) is 1. The van der Waals surface area contributed by atoms with Crippen LogP contribution in [0, 0.1) is 6.92 Å². The zero-order valence-electron chi connectivity index (χ0n) is 13.6. The lowest BCUT2D eigenvalue weighted by atomic mass is 9.87. The van der Waals surface area contributed by atoms with E-state index in [0.29, 0.717) is 6.04 Å². The highest BCUT2D eigenvalue weighted by Gasteiger charge is 2.39. The van der Waals surface area contributed by atoms with Gasteiger partial charge in [0, 0.05) is 24.0 Å². The molecule has 1 aromatic heterocycles. The number of aryl methyl sites for hydroxylation is 2. The van der Waals surface area contributed by atoms with Gasteiger partial charge in [-0.05, 0) is 46.6 Å². The van der Waals surface area contributed by atoms with E-state index < -0.39 is 0 Å². The molecule has 1 saturated heterocycles. The summed E-state index contributed by atoms with van der Waals surface area (Å²) in [4.78, 5) is 8.90. The first-order chi connectivity index (χ1) is 9.50. The number of likely N-dealkylation sites (tertiary alicyclic amines) is 1. The molecule has 2 rings (SSSR count). The highest BCUT2D eigenvalue weighted by Crippen LogP contribution is 2.37. The molecule has 0 atom stereocenters. The van der Waals surface area contributed by atoms with E-state index in [1.54, 1.807) is 0 Å². The summed E-state index contributed by atoms with van der Waals surface area (Å²) in [5.74, 6) is 0. The van der Waals surface area contributed by atoms with E-state index in [0.717, 1.165) is 13.0 Å². The van der Waals surface area contributed by atoms with Gasteiger partial charge < -0.3 is 10.2 Å². The van der Waals surface area contributed by atoms with Crippen molar-refractivity contribution >= 4 is 11.3 Å². The lowest BCUT2D eigenvalue weighted by Gasteiger charge is -2.42. The van der Waals surface area contributed by atoms with Gasteiger partial charge in [-0.3, -0.25) is 0 Å². The van der Waals surface area contributed by atoms with Crippen LogP contribution in [0.25, 0.3) is 0 Å². The lowest BCUT2D eigenvalue weighted by molar-refractivity contribution is 0.131. The maximum atomic E-state index is 4.97. The molecule has 114 valence electrons. The van der Waals surface area contributed by atoms with E-state index in [1.807, 2.05) is 11.3 Å². The predicted octanol–water partition coefficient (Wildman–Crippen LogP) is 3.32. The van der Waals surface area contributed by atoms with Crippen LogP contribution in [0.2, 0.25) is 0 Å². The fraction of sp³-hybridized carbons (Fsp3) is 0.812. The summed E-state index contributed by atoms with van der Waals surface area (Å²) in [5.41, 5.74) is 1.38. The second kappa shape index (κ2) is 6.54. The standard InChI is InChI=1S/C16H29N3S/c1-6-14-13(5)20-15(17-14)16(18-12(3)4)8-10-19(7-2)11-9-16/h12,18H,6-11H2,1-5H3. The smallest absolute Gasteiger partial charge is 0.113 e. The molecule has 0 aliphatic carbocycles. The Labute approximate surface area is 127 Å². The van der Waals surface area contributed by atoms with Gasteiger partial charge in [0.05, 0.1) is 11.2 Å². The number of piperidine rings is 1. The Bertz CT molecular complexity index is 431. The third-order valence-electron chi connectivity index (χ3n) is 4.36. The molecule has 1 aliphatic heterocycles. The van der Waals surface area contributed by atoms with Crippen LogP contribution in [0.4, 0.5) is 0 Å². The van der Waals surface area contributed by atoms with Crippen LogP contribution in [0.3, 0.4) is 0 Å². The molecule has 20 heavy (non-hydrogen) atoms. The molecule has 0 unspecified atom stereocenters. The van der Waals surface area contributed by atoms with Gasteiger partial charge in [-0.15, -0.1) is 11.3 Å². The van der Waals surface area contributed by atoms with E-state index in [4.69, 9.17) is 4.98 Å². The molecule has 0 aromatic carbocycles. The number of hydrogen-bond acceptors (Lipinski definition) is 4. The maximum absolute atomic E-state index is 4.97. The number of nitrogens with one attached hydrogen (secondary N) is 1. The zero-order chi connectivity index (χ0) is 14.8. The van der Waals surface area contributed by atoms with Gasteiger partial charge in [0.25, 0.3) is 0 Å². The Hall–Kier alpha value is -0.450. The second-order valence-electron chi connectivity index (χ2n) is 6.19. The summed E-state index contributed by atoms with van der Waals surface area (Å²) in [6, 6.07) is 0.498. The van der Waals surface area contributed by atoms with E-state index >= 15 is 0 Å². The quantitative estimate of drug-likeness (QED) is 0.903. The van der Waals surface area contributed by atoms with Crippen LogP contribution in [-0.2, 0) is 12.0 Å². The Morgan fingerprint density at radius 2 is 1.95 bits per heavy atom. The normalized spacial score (nSPS) is 19.7. The third kappa shape index (κ3) is 3.23. The molecule has 0 amide bonds. The summed E-state index contributed by atoms with van der Waals surface area (Å²) in [6.07, 6.45) is 3.39. The molecule has 0 saturated carbocycles. The number of thiazole rings is 1. The van der Waals surface area contributed by atoms with Crippen molar-refractivity contribution in [2.45, 2.75) is 65.5 Å². The maximum Gasteiger partial charge on any atom is 0.113 e. The summed E-state index contributed by atoms with van der Waals surface area (Å²) < 4.78 is 0. The van der Waals surface area contributed by atoms with Crippen molar-refractivity contribution in [2.75, 3.05) is 19.6 Å². The molecule has 1 aromatic rings. The first kappa shape index (κ1) is 15.9. The van der Waals surface area contributed by atoms with Gasteiger partial charge in [-0.25, -0.2) is 4.98 Å². The van der Waals surface area contributed by atoms with Gasteiger partial charge in [0.1, 0.15) is 5.01 Å². The highest BCUT2D eigenvalue weighted by molar-refractivity contribution is 7.11. The zero-order valence-corrected chi connectivity index (χ0v) is 14.4. The largest absolute Gasteiger partial charge is 0.303 e. The SMILES string of the molecule is CCc1nc(C2(NC(C)C)CCN(CC)CC2)sc1C. The molecule has 1 N–H and O–H groups in total. The number of rotatable bonds is 5. The fourth-order valence-electron chi connectivity index (χ4n) is 3.18. The van der Waals surface area contributed by atoms with Crippen molar-refractivity contribution in [1.82, 2.24) is 15.2 Å². The average Bonchev–Trinajstić information content (AvgIpc) is 2.81. The average molecular weight is 295 g/mol. The second-order valence-corrected chi connectivity index (χ2v) is 7.39. The minimum absolute atomic E-state index is 0.0999. The topological polar surface area (TPSA) is 28.2 Å².